The van der Waals surface area contributed by atoms with Crippen LogP contribution < -0.4 is 5.73 Å². The van der Waals surface area contributed by atoms with Crippen molar-refractivity contribution in [3.63, 3.8) is 0 Å². The van der Waals surface area contributed by atoms with Gasteiger partial charge in [-0.2, -0.15) is 0 Å². The van der Waals surface area contributed by atoms with E-state index in [2.05, 4.69) is 23.4 Å². The highest BCUT2D eigenvalue weighted by Gasteiger charge is 2.04. The van der Waals surface area contributed by atoms with Gasteiger partial charge in [-0.1, -0.05) is 17.3 Å². The standard InChI is InChI=1S/C13H16N2OS/c1-9-6-12(15-16-9)8-17-13-5-3-4-11(7-13)10(2)14/h3-7,10H,8,14H2,1-2H3. The third kappa shape index (κ3) is 3.35. The number of hydrogen-bond donors (Lipinski definition) is 1. The number of thioether (sulfide) groups is 1. The Morgan fingerprint density at radius 1 is 1.41 bits per heavy atom. The van der Waals surface area contributed by atoms with Crippen LogP contribution in [0.3, 0.4) is 0 Å². The van der Waals surface area contributed by atoms with E-state index in [1.54, 1.807) is 11.8 Å². The van der Waals surface area contributed by atoms with E-state index in [9.17, 15) is 0 Å². The van der Waals surface area contributed by atoms with E-state index in [0.717, 1.165) is 22.8 Å². The molecule has 1 atom stereocenters. The van der Waals surface area contributed by atoms with Crippen molar-refractivity contribution in [2.24, 2.45) is 5.73 Å². The summed E-state index contributed by atoms with van der Waals surface area (Å²) in [6.45, 7) is 3.89. The van der Waals surface area contributed by atoms with Crippen LogP contribution in [0, 0.1) is 6.92 Å². The lowest BCUT2D eigenvalue weighted by atomic mass is 10.1. The average Bonchev–Trinajstić information content (AvgIpc) is 2.73. The van der Waals surface area contributed by atoms with E-state index in [-0.39, 0.29) is 6.04 Å². The first kappa shape index (κ1) is 12.2. The van der Waals surface area contributed by atoms with Crippen molar-refractivity contribution in [1.29, 1.82) is 0 Å². The van der Waals surface area contributed by atoms with E-state index in [0.29, 0.717) is 0 Å². The second kappa shape index (κ2) is 5.38. The Labute approximate surface area is 105 Å². The Bertz CT molecular complexity index is 494. The lowest BCUT2D eigenvalue weighted by molar-refractivity contribution is 0.393. The van der Waals surface area contributed by atoms with E-state index in [1.165, 1.54) is 4.90 Å². The fourth-order valence-electron chi connectivity index (χ4n) is 1.53. The van der Waals surface area contributed by atoms with Crippen molar-refractivity contribution in [3.05, 3.63) is 47.3 Å². The van der Waals surface area contributed by atoms with E-state index in [4.69, 9.17) is 10.3 Å². The molecule has 1 aromatic heterocycles. The molecule has 0 bridgehead atoms. The molecule has 0 aliphatic heterocycles. The molecule has 1 unspecified atom stereocenters. The first-order chi connectivity index (χ1) is 8.15. The molecule has 0 aliphatic rings. The van der Waals surface area contributed by atoms with Gasteiger partial charge in [-0.3, -0.25) is 0 Å². The lowest BCUT2D eigenvalue weighted by Gasteiger charge is -2.07. The van der Waals surface area contributed by atoms with Crippen molar-refractivity contribution >= 4 is 11.8 Å². The molecule has 2 aromatic rings. The molecule has 0 saturated carbocycles. The maximum Gasteiger partial charge on any atom is 0.133 e. The molecule has 90 valence electrons. The summed E-state index contributed by atoms with van der Waals surface area (Å²) in [6.07, 6.45) is 0. The van der Waals surface area contributed by atoms with Crippen LogP contribution in [0.2, 0.25) is 0 Å². The smallest absolute Gasteiger partial charge is 0.133 e. The normalized spacial score (nSPS) is 12.6. The van der Waals surface area contributed by atoms with Gasteiger partial charge in [0.05, 0.1) is 5.69 Å². The molecule has 0 saturated heterocycles. The van der Waals surface area contributed by atoms with Crippen LogP contribution in [0.1, 0.15) is 30.0 Å². The Kier molecular flexibility index (Phi) is 3.86. The van der Waals surface area contributed by atoms with E-state index in [1.807, 2.05) is 26.0 Å². The van der Waals surface area contributed by atoms with Crippen molar-refractivity contribution in [2.45, 2.75) is 30.5 Å². The highest BCUT2D eigenvalue weighted by Crippen LogP contribution is 2.24. The van der Waals surface area contributed by atoms with Gasteiger partial charge in [0.1, 0.15) is 5.76 Å². The van der Waals surface area contributed by atoms with Crippen molar-refractivity contribution in [2.75, 3.05) is 0 Å². The minimum Gasteiger partial charge on any atom is -0.361 e. The number of benzene rings is 1. The van der Waals surface area contributed by atoms with Crippen LogP contribution in [0.25, 0.3) is 0 Å². The first-order valence-electron chi connectivity index (χ1n) is 5.55. The van der Waals surface area contributed by atoms with Gasteiger partial charge in [0, 0.05) is 22.8 Å². The molecule has 0 fully saturated rings. The maximum atomic E-state index is 5.86. The molecule has 2 rings (SSSR count). The zero-order valence-corrected chi connectivity index (χ0v) is 10.8. The molecular weight excluding hydrogens is 232 g/mol. The zero-order valence-electron chi connectivity index (χ0n) is 10.0. The molecule has 17 heavy (non-hydrogen) atoms. The van der Waals surface area contributed by atoms with Crippen LogP contribution in [0.5, 0.6) is 0 Å². The number of rotatable bonds is 4. The van der Waals surface area contributed by atoms with Crippen molar-refractivity contribution in [1.82, 2.24) is 5.16 Å². The Balaban J connectivity index is 2.01. The first-order valence-corrected chi connectivity index (χ1v) is 6.54. The SMILES string of the molecule is Cc1cc(CSc2cccc(C(C)N)c2)no1. The second-order valence-electron chi connectivity index (χ2n) is 4.08. The van der Waals surface area contributed by atoms with Gasteiger partial charge in [0.25, 0.3) is 0 Å². The molecule has 0 aliphatic carbocycles. The van der Waals surface area contributed by atoms with Crippen LogP contribution in [0.15, 0.2) is 39.8 Å². The summed E-state index contributed by atoms with van der Waals surface area (Å²) in [6, 6.07) is 10.3. The van der Waals surface area contributed by atoms with Gasteiger partial charge in [-0.05, 0) is 31.5 Å². The lowest BCUT2D eigenvalue weighted by Crippen LogP contribution is -2.04. The highest BCUT2D eigenvalue weighted by atomic mass is 32.2. The zero-order chi connectivity index (χ0) is 12.3. The molecule has 3 nitrogen and oxygen atoms in total. The second-order valence-corrected chi connectivity index (χ2v) is 5.13. The Hall–Kier alpha value is -1.26. The third-order valence-corrected chi connectivity index (χ3v) is 3.47. The molecule has 2 N–H and O–H groups in total. The number of nitrogens with zero attached hydrogens (tertiary/aromatic N) is 1. The summed E-state index contributed by atoms with van der Waals surface area (Å²) in [5, 5.41) is 3.97. The molecule has 0 radical (unpaired) electrons. The summed E-state index contributed by atoms with van der Waals surface area (Å²) in [7, 11) is 0. The van der Waals surface area contributed by atoms with Gasteiger partial charge < -0.3 is 10.3 Å². The molecule has 0 spiro atoms. The number of aryl methyl sites for hydroxylation is 1. The Morgan fingerprint density at radius 2 is 2.24 bits per heavy atom. The number of hydrogen-bond acceptors (Lipinski definition) is 4. The molecule has 0 amide bonds. The van der Waals surface area contributed by atoms with Gasteiger partial charge in [-0.15, -0.1) is 11.8 Å². The Morgan fingerprint density at radius 3 is 2.88 bits per heavy atom. The fraction of sp³-hybridized carbons (Fsp3) is 0.308. The predicted octanol–water partition coefficient (Wildman–Crippen LogP) is 3.30. The van der Waals surface area contributed by atoms with Crippen LogP contribution >= 0.6 is 11.8 Å². The summed E-state index contributed by atoms with van der Waals surface area (Å²) < 4.78 is 5.03. The monoisotopic (exact) mass is 248 g/mol. The van der Waals surface area contributed by atoms with Crippen LogP contribution in [-0.4, -0.2) is 5.16 Å². The minimum atomic E-state index is 0.0739. The summed E-state index contributed by atoms with van der Waals surface area (Å²) in [5.74, 6) is 1.67. The summed E-state index contributed by atoms with van der Waals surface area (Å²) in [4.78, 5) is 1.21. The van der Waals surface area contributed by atoms with Crippen LogP contribution in [0.4, 0.5) is 0 Å². The summed E-state index contributed by atoms with van der Waals surface area (Å²) >= 11 is 1.74. The predicted molar refractivity (Wildman–Crippen MR) is 69.8 cm³/mol. The number of nitrogens with two attached hydrogens (primary N) is 1. The van der Waals surface area contributed by atoms with Crippen molar-refractivity contribution in [3.8, 4) is 0 Å². The molecule has 1 heterocycles. The largest absolute Gasteiger partial charge is 0.361 e. The van der Waals surface area contributed by atoms with Crippen molar-refractivity contribution < 1.29 is 4.52 Å². The van der Waals surface area contributed by atoms with Gasteiger partial charge in [0.15, 0.2) is 0 Å². The topological polar surface area (TPSA) is 52.0 Å². The van der Waals surface area contributed by atoms with Gasteiger partial charge in [0.2, 0.25) is 0 Å². The molecular formula is C13H16N2OS. The number of aromatic nitrogens is 1. The highest BCUT2D eigenvalue weighted by molar-refractivity contribution is 7.98. The van der Waals surface area contributed by atoms with E-state index >= 15 is 0 Å². The minimum absolute atomic E-state index is 0.0739. The maximum absolute atomic E-state index is 5.86. The van der Waals surface area contributed by atoms with E-state index < -0.39 is 0 Å². The average molecular weight is 248 g/mol. The summed E-state index contributed by atoms with van der Waals surface area (Å²) in [5.41, 5.74) is 7.99. The molecule has 4 heteroatoms. The van der Waals surface area contributed by atoms with Gasteiger partial charge in [-0.25, -0.2) is 0 Å². The third-order valence-electron chi connectivity index (χ3n) is 2.45. The molecule has 1 aromatic carbocycles. The van der Waals surface area contributed by atoms with Gasteiger partial charge >= 0.3 is 0 Å². The quantitative estimate of drug-likeness (QED) is 0.843. The van der Waals surface area contributed by atoms with Crippen LogP contribution in [-0.2, 0) is 5.75 Å². The fourth-order valence-corrected chi connectivity index (χ4v) is 2.38.